The van der Waals surface area contributed by atoms with Crippen molar-refractivity contribution in [3.8, 4) is 11.4 Å². The zero-order chi connectivity index (χ0) is 22.1. The van der Waals surface area contributed by atoms with Gasteiger partial charge in [0.25, 0.3) is 0 Å². The molecule has 2 fully saturated rings. The van der Waals surface area contributed by atoms with E-state index in [1.807, 2.05) is 42.5 Å². The van der Waals surface area contributed by atoms with Crippen molar-refractivity contribution in [2.45, 2.75) is 36.5 Å². The molecule has 2 aromatic heterocycles. The molecule has 1 amide bonds. The lowest BCUT2D eigenvalue weighted by atomic mass is 10.2. The van der Waals surface area contributed by atoms with Gasteiger partial charge in [-0.25, -0.2) is 8.42 Å². The second-order valence-corrected chi connectivity index (χ2v) is 11.3. The Morgan fingerprint density at radius 3 is 2.56 bits per heavy atom. The third-order valence-electron chi connectivity index (χ3n) is 5.70. The number of carbonyl (C=O) groups excluding carboxylic acids is 1. The average Bonchev–Trinajstić information content (AvgIpc) is 3.45. The summed E-state index contributed by atoms with van der Waals surface area (Å²) in [5.41, 5.74) is 1.62. The van der Waals surface area contributed by atoms with E-state index < -0.39 is 9.84 Å². The van der Waals surface area contributed by atoms with Crippen LogP contribution in [0, 0.1) is 0 Å². The number of nitrogens with zero attached hydrogens (tertiary/aromatic N) is 5. The van der Waals surface area contributed by atoms with Gasteiger partial charge in [-0.2, -0.15) is 0 Å². The number of hydrogen-bond acceptors (Lipinski definition) is 7. The summed E-state index contributed by atoms with van der Waals surface area (Å²) < 4.78 is 26.2. The molecule has 0 unspecified atom stereocenters. The summed E-state index contributed by atoms with van der Waals surface area (Å²) in [6.45, 7) is 0. The molecular formula is C22H23N5O3S2. The molecule has 1 atom stereocenters. The molecule has 5 rings (SSSR count). The molecule has 3 heterocycles. The van der Waals surface area contributed by atoms with Crippen LogP contribution >= 0.6 is 11.8 Å². The molecule has 1 aliphatic heterocycles. The maximum Gasteiger partial charge on any atom is 0.237 e. The fourth-order valence-electron chi connectivity index (χ4n) is 4.05. The largest absolute Gasteiger partial charge is 0.308 e. The first kappa shape index (κ1) is 21.1. The number of thioether (sulfide) groups is 1. The number of aromatic nitrogens is 4. The van der Waals surface area contributed by atoms with Crippen LogP contribution in [0.2, 0.25) is 0 Å². The Morgan fingerprint density at radius 1 is 1.09 bits per heavy atom. The molecule has 10 heteroatoms. The molecule has 8 nitrogen and oxygen atoms in total. The summed E-state index contributed by atoms with van der Waals surface area (Å²) in [7, 11) is -3.12. The highest BCUT2D eigenvalue weighted by molar-refractivity contribution is 7.99. The Balaban J connectivity index is 1.38. The summed E-state index contributed by atoms with van der Waals surface area (Å²) in [5, 5.41) is 9.43. The van der Waals surface area contributed by atoms with Crippen molar-refractivity contribution >= 4 is 33.2 Å². The van der Waals surface area contributed by atoms with Crippen molar-refractivity contribution in [2.24, 2.45) is 0 Å². The summed E-state index contributed by atoms with van der Waals surface area (Å²) in [6, 6.07) is 13.1. The summed E-state index contributed by atoms with van der Waals surface area (Å²) in [5.74, 6) is 0.908. The van der Waals surface area contributed by atoms with Gasteiger partial charge in [0, 0.05) is 29.7 Å². The van der Waals surface area contributed by atoms with E-state index in [1.165, 1.54) is 11.8 Å². The second kappa shape index (κ2) is 8.67. The van der Waals surface area contributed by atoms with Gasteiger partial charge in [0.2, 0.25) is 5.91 Å². The van der Waals surface area contributed by atoms with Crippen molar-refractivity contribution in [3.05, 3.63) is 54.9 Å². The highest BCUT2D eigenvalue weighted by Crippen LogP contribution is 2.41. The third kappa shape index (κ3) is 4.42. The molecule has 0 bridgehead atoms. The fourth-order valence-corrected chi connectivity index (χ4v) is 6.62. The van der Waals surface area contributed by atoms with Gasteiger partial charge in [0.05, 0.1) is 23.3 Å². The van der Waals surface area contributed by atoms with Crippen molar-refractivity contribution in [2.75, 3.05) is 22.2 Å². The number of anilines is 1. The first-order chi connectivity index (χ1) is 15.5. The topological polar surface area (TPSA) is 98.1 Å². The van der Waals surface area contributed by atoms with E-state index in [4.69, 9.17) is 0 Å². The number of sulfone groups is 1. The van der Waals surface area contributed by atoms with E-state index in [0.717, 1.165) is 29.9 Å². The number of pyridine rings is 1. The van der Waals surface area contributed by atoms with Crippen LogP contribution < -0.4 is 4.90 Å². The molecule has 1 aromatic carbocycles. The summed E-state index contributed by atoms with van der Waals surface area (Å²) >= 11 is 1.35. The number of benzene rings is 1. The van der Waals surface area contributed by atoms with Crippen LogP contribution in [0.25, 0.3) is 11.4 Å². The molecule has 32 heavy (non-hydrogen) atoms. The van der Waals surface area contributed by atoms with Gasteiger partial charge >= 0.3 is 0 Å². The quantitative estimate of drug-likeness (QED) is 0.491. The Bertz CT molecular complexity index is 1210. The number of hydrogen-bond donors (Lipinski definition) is 0. The van der Waals surface area contributed by atoms with E-state index >= 15 is 0 Å². The Labute approximate surface area is 191 Å². The van der Waals surface area contributed by atoms with Crippen molar-refractivity contribution in [1.82, 2.24) is 19.7 Å². The lowest BCUT2D eigenvalue weighted by molar-refractivity contribution is -0.116. The smallest absolute Gasteiger partial charge is 0.237 e. The normalized spacial score (nSPS) is 19.7. The minimum atomic E-state index is -3.12. The molecule has 166 valence electrons. The summed E-state index contributed by atoms with van der Waals surface area (Å²) in [4.78, 5) is 19.2. The van der Waals surface area contributed by atoms with Crippen LogP contribution in [-0.2, 0) is 14.6 Å². The van der Waals surface area contributed by atoms with Gasteiger partial charge < -0.3 is 4.90 Å². The van der Waals surface area contributed by atoms with Crippen molar-refractivity contribution < 1.29 is 13.2 Å². The van der Waals surface area contributed by atoms with E-state index in [1.54, 1.807) is 17.3 Å². The summed E-state index contributed by atoms with van der Waals surface area (Å²) in [6.07, 6.45) is 6.06. The lowest BCUT2D eigenvalue weighted by Crippen LogP contribution is -2.42. The lowest BCUT2D eigenvalue weighted by Gasteiger charge is -2.28. The first-order valence-electron chi connectivity index (χ1n) is 10.6. The minimum absolute atomic E-state index is 0.00170. The van der Waals surface area contributed by atoms with Crippen LogP contribution in [0.4, 0.5) is 5.69 Å². The van der Waals surface area contributed by atoms with Gasteiger partial charge in [-0.3, -0.25) is 14.3 Å². The number of carbonyl (C=O) groups is 1. The van der Waals surface area contributed by atoms with Gasteiger partial charge in [0.1, 0.15) is 0 Å². The van der Waals surface area contributed by atoms with E-state index in [2.05, 4.69) is 19.7 Å². The van der Waals surface area contributed by atoms with Crippen LogP contribution in [0.5, 0.6) is 0 Å². The molecule has 1 aliphatic carbocycles. The second-order valence-electron chi connectivity index (χ2n) is 8.09. The third-order valence-corrected chi connectivity index (χ3v) is 8.38. The van der Waals surface area contributed by atoms with Gasteiger partial charge in [-0.15, -0.1) is 10.2 Å². The van der Waals surface area contributed by atoms with Crippen LogP contribution in [0.3, 0.4) is 0 Å². The SMILES string of the molecule is O=C(CSc1nnc(-c2cccnc2)n1C1CC1)N(c1ccccc1)[C@H]1CCS(=O)(=O)C1. The number of rotatable bonds is 7. The molecular weight excluding hydrogens is 446 g/mol. The predicted octanol–water partition coefficient (Wildman–Crippen LogP) is 2.99. The average molecular weight is 470 g/mol. The maximum absolute atomic E-state index is 13.3. The van der Waals surface area contributed by atoms with Crippen LogP contribution in [0.15, 0.2) is 60.0 Å². The van der Waals surface area contributed by atoms with Gasteiger partial charge in [-0.05, 0) is 43.5 Å². The molecule has 1 saturated carbocycles. The highest BCUT2D eigenvalue weighted by atomic mass is 32.2. The highest BCUT2D eigenvalue weighted by Gasteiger charge is 2.36. The molecule has 0 spiro atoms. The van der Waals surface area contributed by atoms with E-state index in [9.17, 15) is 13.2 Å². The molecule has 0 radical (unpaired) electrons. The Hall–Kier alpha value is -2.72. The van der Waals surface area contributed by atoms with Gasteiger partial charge in [0.15, 0.2) is 20.8 Å². The minimum Gasteiger partial charge on any atom is -0.308 e. The van der Waals surface area contributed by atoms with Crippen LogP contribution in [0.1, 0.15) is 25.3 Å². The monoisotopic (exact) mass is 469 g/mol. The number of amides is 1. The molecule has 1 saturated heterocycles. The zero-order valence-corrected chi connectivity index (χ0v) is 19.0. The zero-order valence-electron chi connectivity index (χ0n) is 17.4. The standard InChI is InChI=1S/C22H23N5O3S2/c28-20(26(17-6-2-1-3-7-17)19-10-12-32(29,30)15-19)14-31-22-25-24-21(27(22)18-8-9-18)16-5-4-11-23-13-16/h1-7,11,13,18-19H,8-10,12,14-15H2/t19-/m0/s1. The van der Waals surface area contributed by atoms with E-state index in [-0.39, 0.29) is 29.2 Å². The van der Waals surface area contributed by atoms with Crippen molar-refractivity contribution in [3.63, 3.8) is 0 Å². The Morgan fingerprint density at radius 2 is 1.91 bits per heavy atom. The molecule has 3 aromatic rings. The molecule has 2 aliphatic rings. The van der Waals surface area contributed by atoms with Crippen LogP contribution in [-0.4, -0.2) is 57.4 Å². The number of para-hydroxylation sites is 1. The first-order valence-corrected chi connectivity index (χ1v) is 13.4. The van der Waals surface area contributed by atoms with Crippen molar-refractivity contribution in [1.29, 1.82) is 0 Å². The Kier molecular flexibility index (Phi) is 5.73. The van der Waals surface area contributed by atoms with E-state index in [0.29, 0.717) is 17.6 Å². The predicted molar refractivity (Wildman–Crippen MR) is 123 cm³/mol. The van der Waals surface area contributed by atoms with Gasteiger partial charge in [-0.1, -0.05) is 30.0 Å². The fraction of sp³-hybridized carbons (Fsp3) is 0.364. The molecule has 0 N–H and O–H groups in total. The maximum atomic E-state index is 13.3.